The molecule has 0 spiro atoms. The minimum atomic E-state index is 0.465. The molecule has 4 N–H and O–H groups in total. The van der Waals surface area contributed by atoms with Crippen molar-refractivity contribution in [2.75, 3.05) is 24.1 Å². The maximum Gasteiger partial charge on any atom is 0.169 e. The van der Waals surface area contributed by atoms with Gasteiger partial charge in [-0.1, -0.05) is 12.1 Å². The van der Waals surface area contributed by atoms with Crippen molar-refractivity contribution in [3.63, 3.8) is 0 Å². The Bertz CT molecular complexity index is 548. The summed E-state index contributed by atoms with van der Waals surface area (Å²) in [4.78, 5) is 8.86. The lowest BCUT2D eigenvalue weighted by Crippen LogP contribution is -2.29. The van der Waals surface area contributed by atoms with Gasteiger partial charge in [-0.25, -0.2) is 9.97 Å². The van der Waals surface area contributed by atoms with Gasteiger partial charge in [0.15, 0.2) is 11.6 Å². The Balaban J connectivity index is 1.80. The van der Waals surface area contributed by atoms with E-state index in [1.807, 2.05) is 24.3 Å². The van der Waals surface area contributed by atoms with Crippen LogP contribution in [0.25, 0.3) is 11.0 Å². The summed E-state index contributed by atoms with van der Waals surface area (Å²) >= 11 is 0. The van der Waals surface area contributed by atoms with Crippen LogP contribution in [-0.2, 0) is 0 Å². The number of nitrogens with two attached hydrogens (primary N) is 1. The molecule has 0 aliphatic carbocycles. The van der Waals surface area contributed by atoms with Gasteiger partial charge in [-0.2, -0.15) is 0 Å². The van der Waals surface area contributed by atoms with E-state index in [1.165, 1.54) is 12.8 Å². The maximum absolute atomic E-state index is 5.91. The second-order valence-corrected chi connectivity index (χ2v) is 4.62. The smallest absolute Gasteiger partial charge is 0.169 e. The molecule has 5 heteroatoms. The van der Waals surface area contributed by atoms with E-state index in [-0.39, 0.29) is 0 Å². The van der Waals surface area contributed by atoms with Crippen LogP contribution in [0.2, 0.25) is 0 Å². The fraction of sp³-hybridized carbons (Fsp3) is 0.385. The number of aromatic nitrogens is 2. The normalized spacial score (nSPS) is 19.2. The molecule has 0 saturated carbocycles. The van der Waals surface area contributed by atoms with E-state index in [0.29, 0.717) is 17.7 Å². The highest BCUT2D eigenvalue weighted by atomic mass is 15.1. The van der Waals surface area contributed by atoms with Gasteiger partial charge in [0.05, 0.1) is 11.0 Å². The zero-order valence-electron chi connectivity index (χ0n) is 10.2. The Hall–Kier alpha value is -1.88. The van der Waals surface area contributed by atoms with Crippen LogP contribution in [0.1, 0.15) is 12.8 Å². The van der Waals surface area contributed by atoms with Crippen LogP contribution in [0.15, 0.2) is 24.3 Å². The number of hydrogen-bond donors (Lipinski definition) is 3. The molecular formula is C13H17N5. The zero-order valence-corrected chi connectivity index (χ0v) is 10.2. The molecule has 18 heavy (non-hydrogen) atoms. The highest BCUT2D eigenvalue weighted by Gasteiger charge is 2.14. The first-order chi connectivity index (χ1) is 8.83. The Labute approximate surface area is 106 Å². The average molecular weight is 243 g/mol. The van der Waals surface area contributed by atoms with Gasteiger partial charge in [-0.3, -0.25) is 0 Å². The van der Waals surface area contributed by atoms with E-state index in [2.05, 4.69) is 20.6 Å². The fourth-order valence-corrected chi connectivity index (χ4v) is 2.29. The molecule has 0 amide bonds. The molecule has 1 aliphatic heterocycles. The monoisotopic (exact) mass is 243 g/mol. The molecule has 94 valence electrons. The molecule has 2 aromatic rings. The van der Waals surface area contributed by atoms with Gasteiger partial charge in [0.1, 0.15) is 0 Å². The number of fused-ring (bicyclic) bond motifs is 1. The van der Waals surface area contributed by atoms with Crippen molar-refractivity contribution in [3.8, 4) is 0 Å². The van der Waals surface area contributed by atoms with Gasteiger partial charge in [0, 0.05) is 12.6 Å². The summed E-state index contributed by atoms with van der Waals surface area (Å²) in [5.74, 6) is 1.15. The summed E-state index contributed by atoms with van der Waals surface area (Å²) in [6.07, 6.45) is 2.44. The molecule has 1 aliphatic rings. The lowest BCUT2D eigenvalue weighted by Gasteiger charge is -2.13. The first kappa shape index (κ1) is 11.2. The van der Waals surface area contributed by atoms with Gasteiger partial charge in [-0.15, -0.1) is 0 Å². The highest BCUT2D eigenvalue weighted by molar-refractivity contribution is 5.79. The van der Waals surface area contributed by atoms with Crippen LogP contribution < -0.4 is 16.4 Å². The number of rotatable bonds is 3. The molecule has 0 bridgehead atoms. The maximum atomic E-state index is 5.91. The van der Waals surface area contributed by atoms with Gasteiger partial charge < -0.3 is 16.4 Å². The van der Waals surface area contributed by atoms with E-state index >= 15 is 0 Å². The number of nitrogens with one attached hydrogen (secondary N) is 2. The van der Waals surface area contributed by atoms with E-state index in [0.717, 1.165) is 24.1 Å². The lowest BCUT2D eigenvalue weighted by molar-refractivity contribution is 0.632. The quantitative estimate of drug-likeness (QED) is 0.759. The molecule has 1 fully saturated rings. The standard InChI is InChI=1S/C13H17N5/c14-12-13(16-8-9-4-3-7-15-9)18-11-6-2-1-5-10(11)17-12/h1-2,5-6,9,15H,3-4,7-8H2,(H2,14,17)(H,16,18)/t9-/m1/s1. The van der Waals surface area contributed by atoms with Crippen LogP contribution in [-0.4, -0.2) is 29.1 Å². The molecule has 1 saturated heterocycles. The fourth-order valence-electron chi connectivity index (χ4n) is 2.29. The van der Waals surface area contributed by atoms with Gasteiger partial charge >= 0.3 is 0 Å². The van der Waals surface area contributed by atoms with Crippen molar-refractivity contribution in [3.05, 3.63) is 24.3 Å². The molecule has 1 aromatic carbocycles. The number of hydrogen-bond acceptors (Lipinski definition) is 5. The first-order valence-electron chi connectivity index (χ1n) is 6.32. The lowest BCUT2D eigenvalue weighted by atomic mass is 10.2. The summed E-state index contributed by atoms with van der Waals surface area (Å²) in [7, 11) is 0. The molecule has 0 unspecified atom stereocenters. The summed E-state index contributed by atoms with van der Waals surface area (Å²) in [5.41, 5.74) is 7.62. The van der Waals surface area contributed by atoms with Crippen LogP contribution >= 0.6 is 0 Å². The summed E-state index contributed by atoms with van der Waals surface area (Å²) in [6, 6.07) is 8.26. The predicted octanol–water partition coefficient (Wildman–Crippen LogP) is 1.38. The van der Waals surface area contributed by atoms with Crippen LogP contribution in [0.4, 0.5) is 11.6 Å². The van der Waals surface area contributed by atoms with Gasteiger partial charge in [0.25, 0.3) is 0 Å². The first-order valence-corrected chi connectivity index (χ1v) is 6.32. The number of para-hydroxylation sites is 2. The third-order valence-electron chi connectivity index (χ3n) is 3.28. The number of benzene rings is 1. The Morgan fingerprint density at radius 3 is 2.78 bits per heavy atom. The molecule has 0 radical (unpaired) electrons. The molecule has 5 nitrogen and oxygen atoms in total. The van der Waals surface area contributed by atoms with E-state index in [1.54, 1.807) is 0 Å². The molecule has 1 aromatic heterocycles. The molecule has 1 atom stereocenters. The number of anilines is 2. The highest BCUT2D eigenvalue weighted by Crippen LogP contribution is 2.18. The van der Waals surface area contributed by atoms with Gasteiger partial charge in [-0.05, 0) is 31.5 Å². The van der Waals surface area contributed by atoms with E-state index < -0.39 is 0 Å². The minimum Gasteiger partial charge on any atom is -0.381 e. The third-order valence-corrected chi connectivity index (χ3v) is 3.28. The number of nitrogen functional groups attached to an aromatic ring is 1. The number of nitrogens with zero attached hydrogens (tertiary/aromatic N) is 2. The van der Waals surface area contributed by atoms with Crippen molar-refractivity contribution in [1.29, 1.82) is 0 Å². The molecule has 3 rings (SSSR count). The van der Waals surface area contributed by atoms with Crippen LogP contribution in [0.3, 0.4) is 0 Å². The van der Waals surface area contributed by atoms with E-state index in [4.69, 9.17) is 5.73 Å². The Kier molecular flexibility index (Phi) is 2.98. The SMILES string of the molecule is Nc1nc2ccccc2nc1NC[C@H]1CCCN1. The van der Waals surface area contributed by atoms with Crippen LogP contribution in [0, 0.1) is 0 Å². The molecule has 2 heterocycles. The van der Waals surface area contributed by atoms with Crippen LogP contribution in [0.5, 0.6) is 0 Å². The summed E-state index contributed by atoms with van der Waals surface area (Å²) < 4.78 is 0. The van der Waals surface area contributed by atoms with Crippen molar-refractivity contribution in [2.24, 2.45) is 0 Å². The van der Waals surface area contributed by atoms with Crippen molar-refractivity contribution >= 4 is 22.7 Å². The van der Waals surface area contributed by atoms with Gasteiger partial charge in [0.2, 0.25) is 0 Å². The topological polar surface area (TPSA) is 75.9 Å². The second-order valence-electron chi connectivity index (χ2n) is 4.62. The van der Waals surface area contributed by atoms with Crippen molar-refractivity contribution in [1.82, 2.24) is 15.3 Å². The predicted molar refractivity (Wildman–Crippen MR) is 73.5 cm³/mol. The van der Waals surface area contributed by atoms with Crippen molar-refractivity contribution < 1.29 is 0 Å². The molecular weight excluding hydrogens is 226 g/mol. The Morgan fingerprint density at radius 2 is 2.06 bits per heavy atom. The third kappa shape index (κ3) is 2.22. The second kappa shape index (κ2) is 4.78. The summed E-state index contributed by atoms with van der Waals surface area (Å²) in [5, 5.41) is 6.72. The Morgan fingerprint density at radius 1 is 1.28 bits per heavy atom. The van der Waals surface area contributed by atoms with Crippen molar-refractivity contribution in [2.45, 2.75) is 18.9 Å². The van der Waals surface area contributed by atoms with E-state index in [9.17, 15) is 0 Å². The average Bonchev–Trinajstić information content (AvgIpc) is 2.89. The minimum absolute atomic E-state index is 0.465. The summed E-state index contributed by atoms with van der Waals surface area (Å²) in [6.45, 7) is 1.95. The zero-order chi connectivity index (χ0) is 12.4. The largest absolute Gasteiger partial charge is 0.381 e.